The Morgan fingerprint density at radius 2 is 1.95 bits per heavy atom. The van der Waals surface area contributed by atoms with Crippen molar-refractivity contribution in [2.75, 3.05) is 19.5 Å². The Balaban J connectivity index is 2.10. The van der Waals surface area contributed by atoms with Crippen molar-refractivity contribution in [3.05, 3.63) is 41.2 Å². The molecule has 5 nitrogen and oxygen atoms in total. The second-order valence-electron chi connectivity index (χ2n) is 4.89. The van der Waals surface area contributed by atoms with Crippen LogP contribution in [-0.4, -0.2) is 25.1 Å². The van der Waals surface area contributed by atoms with Crippen molar-refractivity contribution >= 4 is 11.6 Å². The minimum absolute atomic E-state index is 0.0828. The summed E-state index contributed by atoms with van der Waals surface area (Å²) in [5.41, 5.74) is 3.70. The fourth-order valence-corrected chi connectivity index (χ4v) is 2.23. The quantitative estimate of drug-likeness (QED) is 0.889. The Kier molecular flexibility index (Phi) is 4.52. The zero-order valence-corrected chi connectivity index (χ0v) is 12.7. The smallest absolute Gasteiger partial charge is 0.228 e. The Labute approximate surface area is 124 Å². The molecule has 2 aromatic rings. The largest absolute Gasteiger partial charge is 0.497 e. The molecule has 1 aromatic carbocycles. The molecular weight excluding hydrogens is 268 g/mol. The molecular formula is C16H20N2O3. The van der Waals surface area contributed by atoms with E-state index in [9.17, 15) is 4.79 Å². The fraction of sp³-hybridized carbons (Fsp3) is 0.312. The van der Waals surface area contributed by atoms with Crippen LogP contribution in [-0.2, 0) is 11.2 Å². The number of aryl methyl sites for hydroxylation is 2. The highest BCUT2D eigenvalue weighted by Crippen LogP contribution is 2.29. The average Bonchev–Trinajstić information content (AvgIpc) is 2.77. The lowest BCUT2D eigenvalue weighted by molar-refractivity contribution is -0.115. The number of H-pyrrole nitrogens is 1. The van der Waals surface area contributed by atoms with Gasteiger partial charge in [0.05, 0.1) is 26.3 Å². The van der Waals surface area contributed by atoms with Gasteiger partial charge in [-0.15, -0.1) is 0 Å². The van der Waals surface area contributed by atoms with Gasteiger partial charge in [0, 0.05) is 17.5 Å². The Morgan fingerprint density at radius 1 is 1.19 bits per heavy atom. The molecule has 21 heavy (non-hydrogen) atoms. The predicted molar refractivity (Wildman–Crippen MR) is 82.1 cm³/mol. The first kappa shape index (κ1) is 15.0. The van der Waals surface area contributed by atoms with Crippen LogP contribution in [0.3, 0.4) is 0 Å². The summed E-state index contributed by atoms with van der Waals surface area (Å²) >= 11 is 0. The van der Waals surface area contributed by atoms with Crippen molar-refractivity contribution in [3.63, 3.8) is 0 Å². The molecule has 2 N–H and O–H groups in total. The molecule has 0 radical (unpaired) electrons. The van der Waals surface area contributed by atoms with Crippen LogP contribution in [0, 0.1) is 13.8 Å². The van der Waals surface area contributed by atoms with Crippen molar-refractivity contribution in [2.45, 2.75) is 20.3 Å². The van der Waals surface area contributed by atoms with Gasteiger partial charge in [0.1, 0.15) is 11.5 Å². The van der Waals surface area contributed by atoms with Gasteiger partial charge in [-0.3, -0.25) is 4.79 Å². The van der Waals surface area contributed by atoms with Crippen LogP contribution in [0.1, 0.15) is 17.0 Å². The molecule has 0 saturated heterocycles. The molecule has 0 unspecified atom stereocenters. The van der Waals surface area contributed by atoms with Crippen LogP contribution >= 0.6 is 0 Å². The van der Waals surface area contributed by atoms with E-state index >= 15 is 0 Å². The maximum Gasteiger partial charge on any atom is 0.228 e. The Bertz CT molecular complexity index is 647. The summed E-state index contributed by atoms with van der Waals surface area (Å²) < 4.78 is 10.4. The number of aromatic nitrogens is 1. The molecule has 1 heterocycles. The minimum Gasteiger partial charge on any atom is -0.497 e. The predicted octanol–water partition coefficient (Wildman–Crippen LogP) is 2.83. The number of hydrogen-bond acceptors (Lipinski definition) is 3. The molecule has 1 amide bonds. The number of nitrogens with one attached hydrogen (secondary N) is 2. The molecule has 0 bridgehead atoms. The Morgan fingerprint density at radius 3 is 2.52 bits per heavy atom. The van der Waals surface area contributed by atoms with Gasteiger partial charge in [0.25, 0.3) is 0 Å². The number of ether oxygens (including phenoxy) is 2. The molecule has 0 saturated carbocycles. The van der Waals surface area contributed by atoms with E-state index in [0.717, 1.165) is 17.0 Å². The summed E-state index contributed by atoms with van der Waals surface area (Å²) in [7, 11) is 3.15. The van der Waals surface area contributed by atoms with Gasteiger partial charge >= 0.3 is 0 Å². The molecule has 0 aliphatic heterocycles. The number of rotatable bonds is 5. The summed E-state index contributed by atoms with van der Waals surface area (Å²) in [6.07, 6.45) is 0.325. The average molecular weight is 288 g/mol. The van der Waals surface area contributed by atoms with E-state index < -0.39 is 0 Å². The molecule has 1 aromatic heterocycles. The van der Waals surface area contributed by atoms with E-state index in [2.05, 4.69) is 10.3 Å². The van der Waals surface area contributed by atoms with E-state index in [1.165, 1.54) is 0 Å². The third-order valence-electron chi connectivity index (χ3n) is 3.29. The van der Waals surface area contributed by atoms with Gasteiger partial charge in [0.2, 0.25) is 5.91 Å². The zero-order chi connectivity index (χ0) is 15.4. The number of carbonyl (C=O) groups excluding carboxylic acids is 1. The number of hydrogen-bond donors (Lipinski definition) is 2. The number of aromatic amines is 1. The zero-order valence-electron chi connectivity index (χ0n) is 12.7. The summed E-state index contributed by atoms with van der Waals surface area (Å²) in [5, 5.41) is 2.86. The molecule has 0 aliphatic carbocycles. The van der Waals surface area contributed by atoms with Gasteiger partial charge < -0.3 is 19.8 Å². The maximum absolute atomic E-state index is 12.2. The van der Waals surface area contributed by atoms with Crippen molar-refractivity contribution in [1.82, 2.24) is 4.98 Å². The van der Waals surface area contributed by atoms with Crippen LogP contribution in [0.2, 0.25) is 0 Å². The number of anilines is 1. The number of benzene rings is 1. The molecule has 0 spiro atoms. The molecule has 5 heteroatoms. The lowest BCUT2D eigenvalue weighted by atomic mass is 10.1. The van der Waals surface area contributed by atoms with Crippen LogP contribution in [0.4, 0.5) is 5.69 Å². The van der Waals surface area contributed by atoms with Crippen LogP contribution in [0.15, 0.2) is 24.3 Å². The monoisotopic (exact) mass is 288 g/mol. The van der Waals surface area contributed by atoms with Crippen molar-refractivity contribution in [3.8, 4) is 11.5 Å². The first-order chi connectivity index (χ1) is 10.0. The third-order valence-corrected chi connectivity index (χ3v) is 3.29. The molecule has 2 rings (SSSR count). The standard InChI is InChI=1S/C16H20N2O3/c1-10-7-12(11(2)17-10)8-16(19)18-14-6-5-13(20-3)9-15(14)21-4/h5-7,9,17H,8H2,1-4H3,(H,18,19). The van der Waals surface area contributed by atoms with E-state index in [1.54, 1.807) is 32.4 Å². The lowest BCUT2D eigenvalue weighted by Gasteiger charge is -2.11. The normalized spacial score (nSPS) is 10.3. The minimum atomic E-state index is -0.0828. The van der Waals surface area contributed by atoms with E-state index in [0.29, 0.717) is 23.6 Å². The maximum atomic E-state index is 12.2. The fourth-order valence-electron chi connectivity index (χ4n) is 2.23. The summed E-state index contributed by atoms with van der Waals surface area (Å²) in [4.78, 5) is 15.3. The summed E-state index contributed by atoms with van der Waals surface area (Å²) in [6.45, 7) is 3.94. The number of amides is 1. The van der Waals surface area contributed by atoms with E-state index in [4.69, 9.17) is 9.47 Å². The highest BCUT2D eigenvalue weighted by molar-refractivity contribution is 5.94. The van der Waals surface area contributed by atoms with Crippen LogP contribution in [0.5, 0.6) is 11.5 Å². The van der Waals surface area contributed by atoms with Crippen molar-refractivity contribution < 1.29 is 14.3 Å². The first-order valence-corrected chi connectivity index (χ1v) is 6.70. The van der Waals surface area contributed by atoms with E-state index in [-0.39, 0.29) is 5.91 Å². The topological polar surface area (TPSA) is 63.3 Å². The van der Waals surface area contributed by atoms with Crippen LogP contribution < -0.4 is 14.8 Å². The van der Waals surface area contributed by atoms with Gasteiger partial charge in [-0.05, 0) is 37.6 Å². The van der Waals surface area contributed by atoms with Crippen LogP contribution in [0.25, 0.3) is 0 Å². The van der Waals surface area contributed by atoms with Gasteiger partial charge in [-0.25, -0.2) is 0 Å². The Hall–Kier alpha value is -2.43. The van der Waals surface area contributed by atoms with E-state index in [1.807, 2.05) is 19.9 Å². The highest BCUT2D eigenvalue weighted by Gasteiger charge is 2.11. The second-order valence-corrected chi connectivity index (χ2v) is 4.89. The first-order valence-electron chi connectivity index (χ1n) is 6.70. The molecule has 112 valence electrons. The molecule has 0 fully saturated rings. The third kappa shape index (κ3) is 3.56. The highest BCUT2D eigenvalue weighted by atomic mass is 16.5. The van der Waals surface area contributed by atoms with Crippen molar-refractivity contribution in [1.29, 1.82) is 0 Å². The number of methoxy groups -OCH3 is 2. The van der Waals surface area contributed by atoms with Gasteiger partial charge in [-0.2, -0.15) is 0 Å². The summed E-state index contributed by atoms with van der Waals surface area (Å²) in [5.74, 6) is 1.17. The SMILES string of the molecule is COc1ccc(NC(=O)Cc2cc(C)[nH]c2C)c(OC)c1. The van der Waals surface area contributed by atoms with Crippen molar-refractivity contribution in [2.24, 2.45) is 0 Å². The summed E-state index contributed by atoms with van der Waals surface area (Å²) in [6, 6.07) is 7.27. The lowest BCUT2D eigenvalue weighted by Crippen LogP contribution is -2.15. The molecule has 0 atom stereocenters. The second kappa shape index (κ2) is 6.35. The molecule has 0 aliphatic rings. The van der Waals surface area contributed by atoms with Gasteiger partial charge in [-0.1, -0.05) is 0 Å². The number of carbonyl (C=O) groups is 1. The van der Waals surface area contributed by atoms with Gasteiger partial charge in [0.15, 0.2) is 0 Å².